The van der Waals surface area contributed by atoms with Gasteiger partial charge >= 0.3 is 0 Å². The first kappa shape index (κ1) is 15.4. The zero-order valence-corrected chi connectivity index (χ0v) is 12.0. The number of hydrazine groups is 1. The molecule has 0 saturated heterocycles. The van der Waals surface area contributed by atoms with Gasteiger partial charge in [-0.2, -0.15) is 0 Å². The highest BCUT2D eigenvalue weighted by Crippen LogP contribution is 2.35. The maximum atomic E-state index is 13.8. The van der Waals surface area contributed by atoms with Gasteiger partial charge in [0.2, 0.25) is 0 Å². The number of nitrogens with one attached hydrogen (secondary N) is 1. The molecule has 1 saturated carbocycles. The highest BCUT2D eigenvalue weighted by atomic mass is 19.1. The number of rotatable bonds is 5. The summed E-state index contributed by atoms with van der Waals surface area (Å²) < 4.78 is 27.6. The molecule has 0 spiro atoms. The summed E-state index contributed by atoms with van der Waals surface area (Å²) in [6, 6.07) is 3.95. The molecule has 0 amide bonds. The number of hydrogen-bond donors (Lipinski definition) is 2. The average Bonchev–Trinajstić information content (AvgIpc) is 2.47. The van der Waals surface area contributed by atoms with Crippen LogP contribution in [0.4, 0.5) is 8.78 Å². The fourth-order valence-corrected chi connectivity index (χ4v) is 3.55. The van der Waals surface area contributed by atoms with Crippen LogP contribution >= 0.6 is 0 Å². The molecule has 3 unspecified atom stereocenters. The van der Waals surface area contributed by atoms with Crippen LogP contribution in [0.1, 0.15) is 44.6 Å². The topological polar surface area (TPSA) is 38.0 Å². The molecule has 0 aliphatic heterocycles. The van der Waals surface area contributed by atoms with Crippen molar-refractivity contribution >= 4 is 0 Å². The van der Waals surface area contributed by atoms with Crippen molar-refractivity contribution in [1.29, 1.82) is 0 Å². The van der Waals surface area contributed by atoms with Crippen LogP contribution in [0.5, 0.6) is 0 Å². The van der Waals surface area contributed by atoms with Gasteiger partial charge < -0.3 is 0 Å². The molecule has 1 fully saturated rings. The van der Waals surface area contributed by atoms with Gasteiger partial charge in [0, 0.05) is 11.6 Å². The Bertz CT molecular complexity index is 416. The fraction of sp³-hybridized carbons (Fsp3) is 0.625. The first-order valence-electron chi connectivity index (χ1n) is 7.56. The van der Waals surface area contributed by atoms with E-state index in [2.05, 4.69) is 12.3 Å². The van der Waals surface area contributed by atoms with Gasteiger partial charge in [-0.3, -0.25) is 11.3 Å². The van der Waals surface area contributed by atoms with E-state index in [4.69, 9.17) is 5.84 Å². The van der Waals surface area contributed by atoms with E-state index < -0.39 is 11.6 Å². The summed E-state index contributed by atoms with van der Waals surface area (Å²) in [6.07, 6.45) is 6.13. The summed E-state index contributed by atoms with van der Waals surface area (Å²) in [5.74, 6) is 5.72. The lowest BCUT2D eigenvalue weighted by Gasteiger charge is -2.36. The predicted molar refractivity (Wildman–Crippen MR) is 76.9 cm³/mol. The predicted octanol–water partition coefficient (Wildman–Crippen LogP) is 3.56. The van der Waals surface area contributed by atoms with Crippen molar-refractivity contribution in [3.63, 3.8) is 0 Å². The molecule has 2 rings (SSSR count). The SMILES string of the molecule is CCC1CCCCC1C(Cc1c(F)cccc1F)NN. The quantitative estimate of drug-likeness (QED) is 0.640. The molecule has 3 N–H and O–H groups in total. The van der Waals surface area contributed by atoms with Crippen molar-refractivity contribution in [3.8, 4) is 0 Å². The Kier molecular flexibility index (Phi) is 5.49. The second-order valence-electron chi connectivity index (χ2n) is 5.79. The number of halogens is 2. The highest BCUT2D eigenvalue weighted by molar-refractivity contribution is 5.21. The minimum Gasteiger partial charge on any atom is -0.271 e. The maximum Gasteiger partial charge on any atom is 0.129 e. The van der Waals surface area contributed by atoms with Gasteiger partial charge in [0.25, 0.3) is 0 Å². The van der Waals surface area contributed by atoms with E-state index in [0.29, 0.717) is 18.3 Å². The highest BCUT2D eigenvalue weighted by Gasteiger charge is 2.31. The standard InChI is InChI=1S/C16H24F2N2/c1-2-11-6-3-4-7-12(11)16(20-19)10-13-14(17)8-5-9-15(13)18/h5,8-9,11-12,16,20H,2-4,6-7,10,19H2,1H3. The van der Waals surface area contributed by atoms with Crippen molar-refractivity contribution in [3.05, 3.63) is 35.4 Å². The van der Waals surface area contributed by atoms with Gasteiger partial charge in [0.15, 0.2) is 0 Å². The third kappa shape index (κ3) is 3.36. The molecule has 112 valence electrons. The molecule has 0 radical (unpaired) electrons. The normalized spacial score (nSPS) is 24.6. The molecule has 3 atom stereocenters. The average molecular weight is 282 g/mol. The molecular formula is C16H24F2N2. The Balaban J connectivity index is 2.15. The lowest BCUT2D eigenvalue weighted by atomic mass is 9.73. The van der Waals surface area contributed by atoms with Crippen LogP contribution < -0.4 is 11.3 Å². The van der Waals surface area contributed by atoms with Gasteiger partial charge in [0.05, 0.1) is 0 Å². The Morgan fingerprint density at radius 3 is 2.50 bits per heavy atom. The van der Waals surface area contributed by atoms with Crippen molar-refractivity contribution in [2.45, 2.75) is 51.5 Å². The summed E-state index contributed by atoms with van der Waals surface area (Å²) in [5, 5.41) is 0. The van der Waals surface area contributed by atoms with E-state index in [1.165, 1.54) is 37.5 Å². The van der Waals surface area contributed by atoms with E-state index in [-0.39, 0.29) is 11.6 Å². The molecule has 1 aromatic carbocycles. The fourth-order valence-electron chi connectivity index (χ4n) is 3.55. The summed E-state index contributed by atoms with van der Waals surface area (Å²) in [5.41, 5.74) is 2.95. The maximum absolute atomic E-state index is 13.8. The molecule has 1 aromatic rings. The smallest absolute Gasteiger partial charge is 0.129 e. The molecule has 1 aliphatic carbocycles. The molecule has 2 nitrogen and oxygen atoms in total. The van der Waals surface area contributed by atoms with Crippen LogP contribution in [0, 0.1) is 23.5 Å². The van der Waals surface area contributed by atoms with Gasteiger partial charge in [-0.05, 0) is 36.8 Å². The molecular weight excluding hydrogens is 258 g/mol. The summed E-state index contributed by atoms with van der Waals surface area (Å²) >= 11 is 0. The van der Waals surface area contributed by atoms with Crippen LogP contribution in [0.15, 0.2) is 18.2 Å². The third-order valence-corrected chi connectivity index (χ3v) is 4.71. The first-order valence-corrected chi connectivity index (χ1v) is 7.56. The summed E-state index contributed by atoms with van der Waals surface area (Å²) in [4.78, 5) is 0. The molecule has 0 bridgehead atoms. The first-order chi connectivity index (χ1) is 9.67. The lowest BCUT2D eigenvalue weighted by Crippen LogP contribution is -2.46. The molecule has 1 aliphatic rings. The Labute approximate surface area is 119 Å². The third-order valence-electron chi connectivity index (χ3n) is 4.71. The minimum atomic E-state index is -0.478. The Hall–Kier alpha value is -1.00. The molecule has 0 aromatic heterocycles. The van der Waals surface area contributed by atoms with Crippen molar-refractivity contribution in [2.75, 3.05) is 0 Å². The van der Waals surface area contributed by atoms with Crippen LogP contribution in [-0.4, -0.2) is 6.04 Å². The molecule has 20 heavy (non-hydrogen) atoms. The second-order valence-corrected chi connectivity index (χ2v) is 5.79. The Morgan fingerprint density at radius 1 is 1.25 bits per heavy atom. The van der Waals surface area contributed by atoms with Crippen molar-refractivity contribution in [2.24, 2.45) is 17.7 Å². The number of hydrogen-bond acceptors (Lipinski definition) is 2. The van der Waals surface area contributed by atoms with Gasteiger partial charge in [0.1, 0.15) is 11.6 Å². The largest absolute Gasteiger partial charge is 0.271 e. The summed E-state index contributed by atoms with van der Waals surface area (Å²) in [6.45, 7) is 2.18. The summed E-state index contributed by atoms with van der Waals surface area (Å²) in [7, 11) is 0. The monoisotopic (exact) mass is 282 g/mol. The van der Waals surface area contributed by atoms with E-state index in [9.17, 15) is 8.78 Å². The number of nitrogens with two attached hydrogens (primary N) is 1. The van der Waals surface area contributed by atoms with Gasteiger partial charge in [-0.15, -0.1) is 0 Å². The van der Waals surface area contributed by atoms with E-state index >= 15 is 0 Å². The van der Waals surface area contributed by atoms with E-state index in [1.54, 1.807) is 0 Å². The van der Waals surface area contributed by atoms with Gasteiger partial charge in [-0.25, -0.2) is 8.78 Å². The van der Waals surface area contributed by atoms with Gasteiger partial charge in [-0.1, -0.05) is 38.7 Å². The van der Waals surface area contributed by atoms with Crippen molar-refractivity contribution in [1.82, 2.24) is 5.43 Å². The lowest BCUT2D eigenvalue weighted by molar-refractivity contribution is 0.173. The molecule has 0 heterocycles. The van der Waals surface area contributed by atoms with Crippen LogP contribution in [0.25, 0.3) is 0 Å². The van der Waals surface area contributed by atoms with Crippen molar-refractivity contribution < 1.29 is 8.78 Å². The zero-order chi connectivity index (χ0) is 14.5. The van der Waals surface area contributed by atoms with Crippen LogP contribution in [0.3, 0.4) is 0 Å². The Morgan fingerprint density at radius 2 is 1.90 bits per heavy atom. The van der Waals surface area contributed by atoms with E-state index in [0.717, 1.165) is 12.8 Å². The van der Waals surface area contributed by atoms with E-state index in [1.807, 2.05) is 0 Å². The van der Waals surface area contributed by atoms with Crippen LogP contribution in [-0.2, 0) is 6.42 Å². The zero-order valence-electron chi connectivity index (χ0n) is 12.0. The van der Waals surface area contributed by atoms with Crippen LogP contribution in [0.2, 0.25) is 0 Å². The number of benzene rings is 1. The molecule has 4 heteroatoms. The second kappa shape index (κ2) is 7.14. The minimum absolute atomic E-state index is 0.0633.